The second-order valence-electron chi connectivity index (χ2n) is 3.97. The van der Waals surface area contributed by atoms with Gasteiger partial charge in [-0.2, -0.15) is 11.8 Å². The number of ether oxygens (including phenoxy) is 1. The van der Waals surface area contributed by atoms with Crippen LogP contribution in [0.4, 0.5) is 13.2 Å². The highest BCUT2D eigenvalue weighted by Gasteiger charge is 2.30. The zero-order valence-corrected chi connectivity index (χ0v) is 11.4. The van der Waals surface area contributed by atoms with Gasteiger partial charge in [-0.15, -0.1) is 24.8 Å². The normalized spacial score (nSPS) is 13.4. The van der Waals surface area contributed by atoms with E-state index >= 15 is 0 Å². The zero-order valence-electron chi connectivity index (χ0n) is 9.84. The van der Waals surface area contributed by atoms with E-state index in [1.165, 1.54) is 12.1 Å². The molecule has 1 aromatic carbocycles. The monoisotopic (exact) mass is 298 g/mol. The molecule has 102 valence electrons. The summed E-state index contributed by atoms with van der Waals surface area (Å²) in [5.74, 6) is 2.55. The van der Waals surface area contributed by atoms with E-state index < -0.39 is 6.36 Å². The fraction of sp³-hybridized carbons (Fsp3) is 0.500. The van der Waals surface area contributed by atoms with Crippen molar-refractivity contribution in [1.82, 2.24) is 0 Å². The first-order chi connectivity index (χ1) is 8.40. The van der Waals surface area contributed by atoms with Gasteiger partial charge in [0.15, 0.2) is 0 Å². The molecule has 1 atom stereocenters. The number of halogens is 4. The molecular weight excluding hydrogens is 285 g/mol. The molecule has 1 unspecified atom stereocenters. The third kappa shape index (κ3) is 6.40. The number of alkyl halides is 4. The second-order valence-corrected chi connectivity index (χ2v) is 5.31. The van der Waals surface area contributed by atoms with E-state index in [9.17, 15) is 13.2 Å². The van der Waals surface area contributed by atoms with Gasteiger partial charge in [0.2, 0.25) is 0 Å². The van der Waals surface area contributed by atoms with Crippen molar-refractivity contribution in [1.29, 1.82) is 0 Å². The Bertz CT molecular complexity index is 353. The number of thioether (sulfide) groups is 1. The Hall–Kier alpha value is -0.550. The summed E-state index contributed by atoms with van der Waals surface area (Å²) >= 11 is 7.39. The summed E-state index contributed by atoms with van der Waals surface area (Å²) in [4.78, 5) is 0. The number of benzene rings is 1. The Labute approximate surface area is 114 Å². The van der Waals surface area contributed by atoms with Gasteiger partial charge in [-0.25, -0.2) is 0 Å². The first-order valence-corrected chi connectivity index (χ1v) is 7.08. The Balaban J connectivity index is 2.41. The SMILES string of the molecule is CC(CCl)CSCc1ccc(OC(F)(F)F)cc1. The largest absolute Gasteiger partial charge is 0.573 e. The summed E-state index contributed by atoms with van der Waals surface area (Å²) < 4.78 is 39.6. The van der Waals surface area contributed by atoms with E-state index in [1.54, 1.807) is 23.9 Å². The molecule has 0 saturated heterocycles. The molecule has 0 amide bonds. The molecule has 1 rings (SSSR count). The van der Waals surface area contributed by atoms with Gasteiger partial charge in [0.05, 0.1) is 0 Å². The standard InChI is InChI=1S/C12H14ClF3OS/c1-9(6-13)7-18-8-10-2-4-11(5-3-10)17-12(14,15)16/h2-5,9H,6-8H2,1H3. The molecule has 0 bridgehead atoms. The maximum Gasteiger partial charge on any atom is 0.573 e. The average Bonchev–Trinajstić information content (AvgIpc) is 2.29. The van der Waals surface area contributed by atoms with Gasteiger partial charge in [-0.3, -0.25) is 0 Å². The predicted molar refractivity (Wildman–Crippen MR) is 69.2 cm³/mol. The van der Waals surface area contributed by atoms with Crippen molar-refractivity contribution in [3.05, 3.63) is 29.8 Å². The first kappa shape index (κ1) is 15.5. The van der Waals surface area contributed by atoms with Gasteiger partial charge < -0.3 is 4.74 Å². The molecule has 0 N–H and O–H groups in total. The lowest BCUT2D eigenvalue weighted by Crippen LogP contribution is -2.16. The molecule has 0 heterocycles. The smallest absolute Gasteiger partial charge is 0.406 e. The molecule has 1 aromatic rings. The van der Waals surface area contributed by atoms with Crippen molar-refractivity contribution >= 4 is 23.4 Å². The van der Waals surface area contributed by atoms with Gasteiger partial charge in [0.25, 0.3) is 0 Å². The average molecular weight is 299 g/mol. The molecule has 18 heavy (non-hydrogen) atoms. The van der Waals surface area contributed by atoms with E-state index in [0.717, 1.165) is 17.1 Å². The van der Waals surface area contributed by atoms with Crippen LogP contribution in [0.5, 0.6) is 5.75 Å². The highest BCUT2D eigenvalue weighted by Crippen LogP contribution is 2.24. The van der Waals surface area contributed by atoms with Crippen LogP contribution in [0.15, 0.2) is 24.3 Å². The van der Waals surface area contributed by atoms with Gasteiger partial charge in [-0.05, 0) is 29.4 Å². The van der Waals surface area contributed by atoms with E-state index in [4.69, 9.17) is 11.6 Å². The van der Waals surface area contributed by atoms with Crippen molar-refractivity contribution in [2.24, 2.45) is 5.92 Å². The minimum absolute atomic E-state index is 0.189. The highest BCUT2D eigenvalue weighted by atomic mass is 35.5. The van der Waals surface area contributed by atoms with Crippen LogP contribution >= 0.6 is 23.4 Å². The summed E-state index contributed by atoms with van der Waals surface area (Å²) in [7, 11) is 0. The molecule has 6 heteroatoms. The molecular formula is C12H14ClF3OS. The molecule has 0 saturated carbocycles. The molecule has 0 fully saturated rings. The van der Waals surface area contributed by atoms with Crippen LogP contribution in [-0.2, 0) is 5.75 Å². The minimum Gasteiger partial charge on any atom is -0.406 e. The van der Waals surface area contributed by atoms with Crippen LogP contribution in [0.3, 0.4) is 0 Å². The van der Waals surface area contributed by atoms with E-state index in [0.29, 0.717) is 11.8 Å². The van der Waals surface area contributed by atoms with Crippen LogP contribution in [0.25, 0.3) is 0 Å². The summed E-state index contributed by atoms with van der Waals surface area (Å²) in [6, 6.07) is 5.93. The van der Waals surface area contributed by atoms with Crippen LogP contribution in [0.1, 0.15) is 12.5 Å². The Kier molecular flexibility index (Phi) is 6.15. The van der Waals surface area contributed by atoms with Crippen LogP contribution in [0.2, 0.25) is 0 Å². The Morgan fingerprint density at radius 3 is 2.39 bits per heavy atom. The summed E-state index contributed by atoms with van der Waals surface area (Å²) in [6.07, 6.45) is -4.63. The van der Waals surface area contributed by atoms with Gasteiger partial charge >= 0.3 is 6.36 Å². The van der Waals surface area contributed by atoms with E-state index in [-0.39, 0.29) is 5.75 Å². The second kappa shape index (κ2) is 7.14. The minimum atomic E-state index is -4.63. The van der Waals surface area contributed by atoms with Gasteiger partial charge in [0, 0.05) is 11.6 Å². The molecule has 0 aliphatic rings. The molecule has 0 aromatic heterocycles. The van der Waals surface area contributed by atoms with E-state index in [2.05, 4.69) is 11.7 Å². The Morgan fingerprint density at radius 1 is 1.28 bits per heavy atom. The van der Waals surface area contributed by atoms with Crippen molar-refractivity contribution in [3.8, 4) is 5.75 Å². The lowest BCUT2D eigenvalue weighted by Gasteiger charge is -2.10. The topological polar surface area (TPSA) is 9.23 Å². The lowest BCUT2D eigenvalue weighted by molar-refractivity contribution is -0.274. The van der Waals surface area contributed by atoms with Crippen LogP contribution in [-0.4, -0.2) is 18.0 Å². The summed E-state index contributed by atoms with van der Waals surface area (Å²) in [5.41, 5.74) is 0.969. The maximum absolute atomic E-state index is 11.9. The third-order valence-electron chi connectivity index (χ3n) is 2.09. The van der Waals surface area contributed by atoms with Crippen molar-refractivity contribution in [2.75, 3.05) is 11.6 Å². The first-order valence-electron chi connectivity index (χ1n) is 5.39. The van der Waals surface area contributed by atoms with Gasteiger partial charge in [-0.1, -0.05) is 19.1 Å². The van der Waals surface area contributed by atoms with Crippen molar-refractivity contribution in [2.45, 2.75) is 19.0 Å². The quantitative estimate of drug-likeness (QED) is 0.704. The molecule has 0 radical (unpaired) electrons. The molecule has 0 aliphatic heterocycles. The van der Waals surface area contributed by atoms with Crippen LogP contribution < -0.4 is 4.74 Å². The summed E-state index contributed by atoms with van der Waals surface area (Å²) in [6.45, 7) is 2.06. The molecule has 0 aliphatic carbocycles. The third-order valence-corrected chi connectivity index (χ3v) is 3.96. The van der Waals surface area contributed by atoms with E-state index in [1.807, 2.05) is 0 Å². The molecule has 0 spiro atoms. The number of hydrogen-bond donors (Lipinski definition) is 0. The number of hydrogen-bond acceptors (Lipinski definition) is 2. The zero-order chi connectivity index (χ0) is 13.6. The summed E-state index contributed by atoms with van der Waals surface area (Å²) in [5, 5.41) is 0. The number of rotatable bonds is 6. The fourth-order valence-corrected chi connectivity index (χ4v) is 2.51. The Morgan fingerprint density at radius 2 is 1.89 bits per heavy atom. The van der Waals surface area contributed by atoms with Gasteiger partial charge in [0.1, 0.15) is 5.75 Å². The lowest BCUT2D eigenvalue weighted by atomic mass is 10.2. The van der Waals surface area contributed by atoms with Crippen molar-refractivity contribution in [3.63, 3.8) is 0 Å². The fourth-order valence-electron chi connectivity index (χ4n) is 1.21. The maximum atomic E-state index is 11.9. The van der Waals surface area contributed by atoms with Crippen molar-refractivity contribution < 1.29 is 17.9 Å². The molecule has 1 nitrogen and oxygen atoms in total. The predicted octanol–water partition coefficient (Wildman–Crippen LogP) is 4.69. The van der Waals surface area contributed by atoms with Crippen LogP contribution in [0, 0.1) is 5.92 Å². The highest BCUT2D eigenvalue weighted by molar-refractivity contribution is 7.98.